The fourth-order valence-corrected chi connectivity index (χ4v) is 3.10. The molecule has 1 aliphatic rings. The molecule has 16 heavy (non-hydrogen) atoms. The van der Waals surface area contributed by atoms with E-state index in [0.29, 0.717) is 15.3 Å². The highest BCUT2D eigenvalue weighted by atomic mass is 35.5. The number of benzene rings is 1. The summed E-state index contributed by atoms with van der Waals surface area (Å²) in [6.45, 7) is 4.26. The summed E-state index contributed by atoms with van der Waals surface area (Å²) in [6.07, 6.45) is 0. The van der Waals surface area contributed by atoms with Crippen LogP contribution in [0.25, 0.3) is 0 Å². The summed E-state index contributed by atoms with van der Waals surface area (Å²) in [5.74, 6) is 0. The zero-order valence-electron chi connectivity index (χ0n) is 8.75. The Kier molecular flexibility index (Phi) is 3.95. The van der Waals surface area contributed by atoms with E-state index in [-0.39, 0.29) is 0 Å². The van der Waals surface area contributed by atoms with E-state index in [9.17, 15) is 0 Å². The van der Waals surface area contributed by atoms with Crippen molar-refractivity contribution in [3.8, 4) is 0 Å². The van der Waals surface area contributed by atoms with E-state index < -0.39 is 0 Å². The summed E-state index contributed by atoms with van der Waals surface area (Å²) in [7, 11) is 0. The van der Waals surface area contributed by atoms with Crippen molar-refractivity contribution in [1.82, 2.24) is 0 Å². The highest BCUT2D eigenvalue weighted by Gasteiger charge is 2.16. The predicted octanol–water partition coefficient (Wildman–Crippen LogP) is 4.92. The van der Waals surface area contributed by atoms with Crippen molar-refractivity contribution in [2.24, 2.45) is 4.40 Å². The molecule has 0 radical (unpaired) electrons. The number of halogens is 2. The molecule has 1 heterocycles. The van der Waals surface area contributed by atoms with E-state index in [1.807, 2.05) is 12.1 Å². The fraction of sp³-hybridized carbons (Fsp3) is 0.300. The van der Waals surface area contributed by atoms with Crippen LogP contribution in [-0.2, 0) is 0 Å². The summed E-state index contributed by atoms with van der Waals surface area (Å²) in [5.41, 5.74) is 0.970. The third-order valence-corrected chi connectivity index (χ3v) is 4.37. The molecule has 0 bridgehead atoms. The lowest BCUT2D eigenvalue weighted by Crippen LogP contribution is -2.13. The standard InChI is InChI=1S/C10H10Cl2N2S2/c1-5(2)15-10-13-8-3-6(11)7(12)4-9(8)16-14-10/h3-5H,1-2H3,(H,13,14). The largest absolute Gasteiger partial charge is 0.333 e. The summed E-state index contributed by atoms with van der Waals surface area (Å²) in [5, 5.41) is 5.77. The predicted molar refractivity (Wildman–Crippen MR) is 76.1 cm³/mol. The number of rotatable bonds is 1. The lowest BCUT2D eigenvalue weighted by atomic mass is 10.3. The molecule has 0 spiro atoms. The fourth-order valence-electron chi connectivity index (χ4n) is 1.20. The number of amidine groups is 1. The Morgan fingerprint density at radius 2 is 2.00 bits per heavy atom. The molecular weight excluding hydrogens is 283 g/mol. The quantitative estimate of drug-likeness (QED) is 0.743. The number of nitrogens with one attached hydrogen (secondary N) is 1. The minimum Gasteiger partial charge on any atom is -0.333 e. The Morgan fingerprint density at radius 1 is 1.31 bits per heavy atom. The van der Waals surface area contributed by atoms with Crippen molar-refractivity contribution in [2.45, 2.75) is 24.0 Å². The third kappa shape index (κ3) is 2.80. The SMILES string of the molecule is CC(C)SC1=NSc2cc(Cl)c(Cl)cc2N1. The Bertz CT molecular complexity index is 447. The first-order valence-electron chi connectivity index (χ1n) is 4.74. The van der Waals surface area contributed by atoms with Gasteiger partial charge in [-0.05, 0) is 12.1 Å². The van der Waals surface area contributed by atoms with Crippen molar-refractivity contribution in [3.63, 3.8) is 0 Å². The molecule has 2 nitrogen and oxygen atoms in total. The monoisotopic (exact) mass is 292 g/mol. The molecule has 0 unspecified atom stereocenters. The van der Waals surface area contributed by atoms with Crippen molar-refractivity contribution >= 4 is 57.8 Å². The molecule has 0 atom stereocenters. The van der Waals surface area contributed by atoms with Gasteiger partial charge >= 0.3 is 0 Å². The average Bonchev–Trinajstić information content (AvgIpc) is 2.19. The average molecular weight is 293 g/mol. The van der Waals surface area contributed by atoms with E-state index in [1.54, 1.807) is 11.8 Å². The van der Waals surface area contributed by atoms with E-state index in [0.717, 1.165) is 15.8 Å². The molecule has 86 valence electrons. The van der Waals surface area contributed by atoms with Gasteiger partial charge in [-0.3, -0.25) is 0 Å². The summed E-state index contributed by atoms with van der Waals surface area (Å²) in [6, 6.07) is 3.67. The van der Waals surface area contributed by atoms with Gasteiger partial charge in [0.2, 0.25) is 0 Å². The zero-order valence-corrected chi connectivity index (χ0v) is 11.9. The van der Waals surface area contributed by atoms with Crippen LogP contribution in [0.15, 0.2) is 21.4 Å². The first kappa shape index (κ1) is 12.4. The second kappa shape index (κ2) is 5.08. The molecule has 0 fully saturated rings. The van der Waals surface area contributed by atoms with E-state index in [4.69, 9.17) is 23.2 Å². The van der Waals surface area contributed by atoms with Gasteiger partial charge in [0.15, 0.2) is 5.17 Å². The van der Waals surface area contributed by atoms with Gasteiger partial charge in [-0.25, -0.2) is 0 Å². The zero-order chi connectivity index (χ0) is 11.7. The highest BCUT2D eigenvalue weighted by Crippen LogP contribution is 2.39. The minimum atomic E-state index is 0.496. The number of hydrogen-bond donors (Lipinski definition) is 1. The van der Waals surface area contributed by atoms with E-state index >= 15 is 0 Å². The van der Waals surface area contributed by atoms with Crippen molar-refractivity contribution in [2.75, 3.05) is 5.32 Å². The van der Waals surface area contributed by atoms with Crippen LogP contribution in [0.2, 0.25) is 10.0 Å². The van der Waals surface area contributed by atoms with Crippen LogP contribution in [0, 0.1) is 0 Å². The molecule has 2 rings (SSSR count). The normalized spacial score (nSPS) is 14.4. The molecule has 0 saturated carbocycles. The van der Waals surface area contributed by atoms with Crippen LogP contribution < -0.4 is 5.32 Å². The van der Waals surface area contributed by atoms with Gasteiger partial charge in [0.1, 0.15) is 0 Å². The highest BCUT2D eigenvalue weighted by molar-refractivity contribution is 8.15. The van der Waals surface area contributed by atoms with Crippen molar-refractivity contribution < 1.29 is 0 Å². The number of nitrogens with zero attached hydrogens (tertiary/aromatic N) is 1. The molecule has 0 aliphatic carbocycles. The van der Waals surface area contributed by atoms with Gasteiger partial charge in [-0.1, -0.05) is 48.8 Å². The maximum atomic E-state index is 5.97. The van der Waals surface area contributed by atoms with Crippen LogP contribution in [0.4, 0.5) is 5.69 Å². The van der Waals surface area contributed by atoms with Crippen LogP contribution in [-0.4, -0.2) is 10.4 Å². The number of thioether (sulfide) groups is 1. The maximum absolute atomic E-state index is 5.97. The molecule has 1 aromatic rings. The van der Waals surface area contributed by atoms with Gasteiger partial charge in [-0.2, -0.15) is 4.40 Å². The molecule has 1 aromatic carbocycles. The molecule has 0 saturated heterocycles. The molecule has 1 N–H and O–H groups in total. The van der Waals surface area contributed by atoms with Crippen molar-refractivity contribution in [1.29, 1.82) is 0 Å². The number of anilines is 1. The third-order valence-electron chi connectivity index (χ3n) is 1.84. The lowest BCUT2D eigenvalue weighted by molar-refractivity contribution is 1.12. The molecular formula is C10H10Cl2N2S2. The molecule has 0 aromatic heterocycles. The van der Waals surface area contributed by atoms with Crippen LogP contribution in [0.3, 0.4) is 0 Å². The first-order chi connectivity index (χ1) is 7.56. The van der Waals surface area contributed by atoms with Crippen LogP contribution >= 0.6 is 46.9 Å². The molecule has 6 heteroatoms. The van der Waals surface area contributed by atoms with Gasteiger partial charge in [0.25, 0.3) is 0 Å². The summed E-state index contributed by atoms with van der Waals surface area (Å²) < 4.78 is 4.37. The van der Waals surface area contributed by atoms with E-state index in [2.05, 4.69) is 23.6 Å². The smallest absolute Gasteiger partial charge is 0.173 e. The van der Waals surface area contributed by atoms with Crippen LogP contribution in [0.1, 0.15) is 13.8 Å². The molecule has 1 aliphatic heterocycles. The Balaban J connectivity index is 2.23. The van der Waals surface area contributed by atoms with Gasteiger partial charge < -0.3 is 5.32 Å². The Hall–Kier alpha value is -0.0300. The Labute approximate surface area is 113 Å². The van der Waals surface area contributed by atoms with Gasteiger partial charge in [0.05, 0.1) is 20.6 Å². The van der Waals surface area contributed by atoms with Gasteiger partial charge in [-0.15, -0.1) is 0 Å². The molecule has 0 amide bonds. The number of hydrogen-bond acceptors (Lipinski definition) is 4. The first-order valence-corrected chi connectivity index (χ1v) is 7.15. The summed E-state index contributed by atoms with van der Waals surface area (Å²) in [4.78, 5) is 1.00. The second-order valence-corrected chi connectivity index (χ2v) is 6.73. The van der Waals surface area contributed by atoms with E-state index in [1.165, 1.54) is 11.9 Å². The lowest BCUT2D eigenvalue weighted by Gasteiger charge is -2.18. The second-order valence-electron chi connectivity index (χ2n) is 3.54. The van der Waals surface area contributed by atoms with Crippen LogP contribution in [0.5, 0.6) is 0 Å². The Morgan fingerprint density at radius 3 is 2.69 bits per heavy atom. The maximum Gasteiger partial charge on any atom is 0.173 e. The minimum absolute atomic E-state index is 0.496. The summed E-state index contributed by atoms with van der Waals surface area (Å²) >= 11 is 15.0. The van der Waals surface area contributed by atoms with Crippen molar-refractivity contribution in [3.05, 3.63) is 22.2 Å². The van der Waals surface area contributed by atoms with Gasteiger partial charge in [0, 0.05) is 17.2 Å². The number of fused-ring (bicyclic) bond motifs is 1. The topological polar surface area (TPSA) is 24.4 Å².